The van der Waals surface area contributed by atoms with Gasteiger partial charge in [0.15, 0.2) is 0 Å². The number of alkyl carbamates (subject to hydrolysis) is 1. The van der Waals surface area contributed by atoms with Crippen molar-refractivity contribution in [1.29, 1.82) is 0 Å². The normalized spacial score (nSPS) is 14.3. The van der Waals surface area contributed by atoms with Crippen molar-refractivity contribution in [2.75, 3.05) is 13.2 Å². The molecular weight excluding hydrogens is 390 g/mol. The number of nitrogens with one attached hydrogen (secondary N) is 1. The average molecular weight is 415 g/mol. The number of benzene rings is 3. The summed E-state index contributed by atoms with van der Waals surface area (Å²) in [6.07, 6.45) is -1.26. The van der Waals surface area contributed by atoms with Gasteiger partial charge in [-0.25, -0.2) is 4.79 Å². The number of amides is 1. The highest BCUT2D eigenvalue weighted by Gasteiger charge is 2.29. The first-order valence-corrected chi connectivity index (χ1v) is 10.3. The van der Waals surface area contributed by atoms with Gasteiger partial charge < -0.3 is 20.3 Å². The van der Waals surface area contributed by atoms with Crippen LogP contribution in [0.4, 0.5) is 4.79 Å². The predicted octanol–water partition coefficient (Wildman–Crippen LogP) is 4.26. The lowest BCUT2D eigenvalue weighted by Crippen LogP contribution is -2.36. The van der Waals surface area contributed by atoms with E-state index in [1.807, 2.05) is 30.3 Å². The third-order valence-electron chi connectivity index (χ3n) is 5.65. The molecule has 3 aromatic rings. The zero-order valence-corrected chi connectivity index (χ0v) is 17.1. The number of aliphatic hydroxyl groups is 2. The van der Waals surface area contributed by atoms with Gasteiger partial charge >= 0.3 is 6.09 Å². The van der Waals surface area contributed by atoms with Gasteiger partial charge in [-0.3, -0.25) is 0 Å². The monoisotopic (exact) mass is 415 g/mol. The molecule has 1 aliphatic carbocycles. The number of ether oxygens (including phenoxy) is 1. The highest BCUT2D eigenvalue weighted by atomic mass is 16.5. The Morgan fingerprint density at radius 1 is 1.00 bits per heavy atom. The number of hydrogen-bond donors (Lipinski definition) is 3. The zero-order valence-electron chi connectivity index (χ0n) is 17.1. The Hall–Kier alpha value is -3.41. The van der Waals surface area contributed by atoms with E-state index in [2.05, 4.69) is 36.2 Å². The van der Waals surface area contributed by atoms with Crippen molar-refractivity contribution in [3.63, 3.8) is 0 Å². The van der Waals surface area contributed by atoms with Crippen LogP contribution < -0.4 is 5.32 Å². The maximum Gasteiger partial charge on any atom is 0.407 e. The van der Waals surface area contributed by atoms with Gasteiger partial charge in [-0.05, 0) is 39.4 Å². The van der Waals surface area contributed by atoms with Crippen molar-refractivity contribution in [3.8, 4) is 11.1 Å². The molecule has 4 rings (SSSR count). The number of aliphatic hydroxyl groups excluding tert-OH is 2. The molecule has 0 saturated heterocycles. The predicted molar refractivity (Wildman–Crippen MR) is 121 cm³/mol. The van der Waals surface area contributed by atoms with Gasteiger partial charge in [0.25, 0.3) is 0 Å². The van der Waals surface area contributed by atoms with Crippen LogP contribution in [0.2, 0.25) is 0 Å². The zero-order chi connectivity index (χ0) is 21.8. The molecule has 0 aromatic heterocycles. The highest BCUT2D eigenvalue weighted by Crippen LogP contribution is 2.44. The molecule has 3 aromatic carbocycles. The van der Waals surface area contributed by atoms with Crippen molar-refractivity contribution < 1.29 is 19.7 Å². The first-order valence-electron chi connectivity index (χ1n) is 10.3. The van der Waals surface area contributed by atoms with E-state index in [1.165, 1.54) is 0 Å². The molecule has 0 aliphatic heterocycles. The minimum atomic E-state index is -1.17. The van der Waals surface area contributed by atoms with Gasteiger partial charge in [-0.1, -0.05) is 79.4 Å². The highest BCUT2D eigenvalue weighted by molar-refractivity contribution is 5.79. The van der Waals surface area contributed by atoms with Gasteiger partial charge in [0.2, 0.25) is 0 Å². The lowest BCUT2D eigenvalue weighted by molar-refractivity contribution is 0.0185. The van der Waals surface area contributed by atoms with Crippen LogP contribution in [-0.2, 0) is 4.74 Å². The molecule has 3 N–H and O–H groups in total. The van der Waals surface area contributed by atoms with Gasteiger partial charge in [0.05, 0.1) is 0 Å². The maximum absolute atomic E-state index is 12.2. The summed E-state index contributed by atoms with van der Waals surface area (Å²) in [5.74, 6) is -0.0321. The van der Waals surface area contributed by atoms with E-state index in [0.29, 0.717) is 5.56 Å². The molecule has 0 bridgehead atoms. The van der Waals surface area contributed by atoms with E-state index in [9.17, 15) is 15.0 Å². The summed E-state index contributed by atoms with van der Waals surface area (Å²) in [7, 11) is 0. The molecule has 2 atom stereocenters. The lowest BCUT2D eigenvalue weighted by Gasteiger charge is -2.19. The molecule has 0 heterocycles. The number of carbonyl (C=O) groups is 1. The fourth-order valence-electron chi connectivity index (χ4n) is 4.04. The van der Waals surface area contributed by atoms with Crippen molar-refractivity contribution in [1.82, 2.24) is 5.32 Å². The minimum Gasteiger partial charge on any atom is -0.449 e. The summed E-state index contributed by atoms with van der Waals surface area (Å²) < 4.78 is 5.46. The fourth-order valence-corrected chi connectivity index (χ4v) is 4.04. The van der Waals surface area contributed by atoms with Crippen LogP contribution in [-0.4, -0.2) is 35.6 Å². The number of hydrogen-bond acceptors (Lipinski definition) is 4. The van der Waals surface area contributed by atoms with Crippen LogP contribution in [0.1, 0.15) is 34.3 Å². The quantitative estimate of drug-likeness (QED) is 0.539. The van der Waals surface area contributed by atoms with Crippen LogP contribution in [0.5, 0.6) is 0 Å². The van der Waals surface area contributed by atoms with Gasteiger partial charge in [-0.2, -0.15) is 0 Å². The van der Waals surface area contributed by atoms with Crippen LogP contribution in [0.3, 0.4) is 0 Å². The SMILES string of the molecule is C=Cc1cccc(C(O)C(O)CNC(=O)OCC2c3ccccc3-c3ccccc32)c1. The summed E-state index contributed by atoms with van der Waals surface area (Å²) >= 11 is 0. The molecule has 0 radical (unpaired) electrons. The standard InChI is InChI=1S/C26H25NO4/c1-2-17-8-7-9-18(14-17)25(29)24(28)15-27-26(30)31-16-23-21-12-5-3-10-19(21)20-11-4-6-13-22(20)23/h2-14,23-25,28-29H,1,15-16H2,(H,27,30). The topological polar surface area (TPSA) is 78.8 Å². The van der Waals surface area contributed by atoms with Gasteiger partial charge in [-0.15, -0.1) is 0 Å². The van der Waals surface area contributed by atoms with E-state index < -0.39 is 18.3 Å². The summed E-state index contributed by atoms with van der Waals surface area (Å²) in [5, 5.41) is 23.2. The number of fused-ring (bicyclic) bond motifs is 3. The Balaban J connectivity index is 1.34. The van der Waals surface area contributed by atoms with Crippen molar-refractivity contribution in [2.45, 2.75) is 18.1 Å². The number of rotatable bonds is 7. The van der Waals surface area contributed by atoms with Crippen LogP contribution in [0.25, 0.3) is 17.2 Å². The lowest BCUT2D eigenvalue weighted by atomic mass is 9.98. The Bertz CT molecular complexity index is 1050. The molecule has 5 nitrogen and oxygen atoms in total. The number of carbonyl (C=O) groups excluding carboxylic acids is 1. The molecule has 2 unspecified atom stereocenters. The van der Waals surface area contributed by atoms with Gasteiger partial charge in [0.1, 0.15) is 18.8 Å². The molecule has 0 spiro atoms. The van der Waals surface area contributed by atoms with E-state index in [4.69, 9.17) is 4.74 Å². The largest absolute Gasteiger partial charge is 0.449 e. The van der Waals surface area contributed by atoms with Crippen molar-refractivity contribution >= 4 is 12.2 Å². The summed E-state index contributed by atoms with van der Waals surface area (Å²) in [6.45, 7) is 3.76. The first-order chi connectivity index (χ1) is 15.1. The van der Waals surface area contributed by atoms with Crippen LogP contribution >= 0.6 is 0 Å². The van der Waals surface area contributed by atoms with E-state index in [0.717, 1.165) is 27.8 Å². The van der Waals surface area contributed by atoms with Crippen molar-refractivity contribution in [3.05, 3.63) is 102 Å². The minimum absolute atomic E-state index is 0.0321. The summed E-state index contributed by atoms with van der Waals surface area (Å²) in [4.78, 5) is 12.2. The molecule has 31 heavy (non-hydrogen) atoms. The summed E-state index contributed by atoms with van der Waals surface area (Å²) in [6, 6.07) is 23.3. The van der Waals surface area contributed by atoms with Crippen LogP contribution in [0.15, 0.2) is 79.4 Å². The molecular formula is C26H25NO4. The van der Waals surface area contributed by atoms with Crippen LogP contribution in [0, 0.1) is 0 Å². The Kier molecular flexibility index (Phi) is 6.16. The molecule has 0 fully saturated rings. The average Bonchev–Trinajstić information content (AvgIpc) is 3.14. The maximum atomic E-state index is 12.2. The molecule has 1 aliphatic rings. The molecule has 1 amide bonds. The summed E-state index contributed by atoms with van der Waals surface area (Å²) in [5.41, 5.74) is 5.98. The Labute approximate surface area is 181 Å². The first kappa shape index (κ1) is 20.8. The Morgan fingerprint density at radius 2 is 1.65 bits per heavy atom. The molecule has 158 valence electrons. The van der Waals surface area contributed by atoms with Crippen molar-refractivity contribution in [2.24, 2.45) is 0 Å². The fraction of sp³-hybridized carbons (Fsp3) is 0.192. The van der Waals surface area contributed by atoms with E-state index >= 15 is 0 Å². The smallest absolute Gasteiger partial charge is 0.407 e. The second-order valence-corrected chi connectivity index (χ2v) is 7.59. The van der Waals surface area contributed by atoms with E-state index in [1.54, 1.807) is 24.3 Å². The second-order valence-electron chi connectivity index (χ2n) is 7.59. The second kappa shape index (κ2) is 9.16. The Morgan fingerprint density at radius 3 is 2.29 bits per heavy atom. The van der Waals surface area contributed by atoms with E-state index in [-0.39, 0.29) is 19.1 Å². The molecule has 5 heteroatoms. The third-order valence-corrected chi connectivity index (χ3v) is 5.65. The molecule has 0 saturated carbocycles. The third kappa shape index (κ3) is 4.38. The van der Waals surface area contributed by atoms with Gasteiger partial charge in [0, 0.05) is 12.5 Å².